The van der Waals surface area contributed by atoms with Gasteiger partial charge in [0.05, 0.1) is 12.8 Å². The molecule has 2 rings (SSSR count). The number of ether oxygens (including phenoxy) is 1. The van der Waals surface area contributed by atoms with Crippen LogP contribution in [0.4, 0.5) is 0 Å². The largest absolute Gasteiger partial charge is 0.494 e. The second kappa shape index (κ2) is 7.45. The molecular formula is C16H15ClN2O2. The fraction of sp³-hybridized carbons (Fsp3) is 0.125. The van der Waals surface area contributed by atoms with Crippen LogP contribution in [0.5, 0.6) is 5.75 Å². The van der Waals surface area contributed by atoms with Gasteiger partial charge in [0, 0.05) is 10.6 Å². The van der Waals surface area contributed by atoms with Crippen molar-refractivity contribution >= 4 is 23.7 Å². The van der Waals surface area contributed by atoms with Crippen LogP contribution in [-0.4, -0.2) is 18.7 Å². The highest BCUT2D eigenvalue weighted by molar-refractivity contribution is 6.30. The van der Waals surface area contributed by atoms with Crippen molar-refractivity contribution in [3.63, 3.8) is 0 Å². The molecule has 0 aromatic heterocycles. The number of carbonyl (C=O) groups excluding carboxylic acids is 1. The predicted octanol–water partition coefficient (Wildman–Crippen LogP) is 3.50. The fourth-order valence-corrected chi connectivity index (χ4v) is 1.87. The number of benzene rings is 2. The van der Waals surface area contributed by atoms with Crippen LogP contribution in [0.25, 0.3) is 0 Å². The first kappa shape index (κ1) is 15.1. The van der Waals surface area contributed by atoms with Crippen LogP contribution in [0.15, 0.2) is 53.6 Å². The maximum absolute atomic E-state index is 11.8. The SMILES string of the molecule is CCOc1ccc(/C=N/NC(=O)c2cccc(Cl)c2)cc1. The third-order valence-electron chi connectivity index (χ3n) is 2.66. The van der Waals surface area contributed by atoms with Gasteiger partial charge in [-0.1, -0.05) is 17.7 Å². The lowest BCUT2D eigenvalue weighted by molar-refractivity contribution is 0.0955. The zero-order valence-corrected chi connectivity index (χ0v) is 12.3. The van der Waals surface area contributed by atoms with Crippen molar-refractivity contribution in [1.82, 2.24) is 5.43 Å². The van der Waals surface area contributed by atoms with Crippen molar-refractivity contribution in [2.24, 2.45) is 5.10 Å². The summed E-state index contributed by atoms with van der Waals surface area (Å²) in [6.45, 7) is 2.56. The van der Waals surface area contributed by atoms with Gasteiger partial charge in [0.2, 0.25) is 0 Å². The van der Waals surface area contributed by atoms with Gasteiger partial charge in [-0.25, -0.2) is 5.43 Å². The molecule has 0 aliphatic rings. The summed E-state index contributed by atoms with van der Waals surface area (Å²) in [6.07, 6.45) is 1.57. The Kier molecular flexibility index (Phi) is 5.35. The highest BCUT2D eigenvalue weighted by Gasteiger charge is 2.03. The van der Waals surface area contributed by atoms with Gasteiger partial charge in [-0.2, -0.15) is 5.10 Å². The lowest BCUT2D eigenvalue weighted by atomic mass is 10.2. The van der Waals surface area contributed by atoms with E-state index in [-0.39, 0.29) is 5.91 Å². The monoisotopic (exact) mass is 302 g/mol. The van der Waals surface area contributed by atoms with Gasteiger partial charge in [-0.05, 0) is 55.0 Å². The molecule has 0 spiro atoms. The number of nitrogens with zero attached hydrogens (tertiary/aromatic N) is 1. The van der Waals surface area contributed by atoms with Crippen molar-refractivity contribution in [3.8, 4) is 5.75 Å². The van der Waals surface area contributed by atoms with Crippen LogP contribution in [-0.2, 0) is 0 Å². The van der Waals surface area contributed by atoms with Gasteiger partial charge >= 0.3 is 0 Å². The highest BCUT2D eigenvalue weighted by atomic mass is 35.5. The van der Waals surface area contributed by atoms with E-state index in [1.54, 1.807) is 30.5 Å². The van der Waals surface area contributed by atoms with Crippen molar-refractivity contribution in [2.45, 2.75) is 6.92 Å². The normalized spacial score (nSPS) is 10.6. The molecule has 0 radical (unpaired) electrons. The minimum Gasteiger partial charge on any atom is -0.494 e. The number of rotatable bonds is 5. The van der Waals surface area contributed by atoms with Gasteiger partial charge in [-0.3, -0.25) is 4.79 Å². The number of hydrogen-bond acceptors (Lipinski definition) is 3. The van der Waals surface area contributed by atoms with Crippen molar-refractivity contribution in [2.75, 3.05) is 6.61 Å². The molecule has 0 atom stereocenters. The minimum absolute atomic E-state index is 0.306. The number of nitrogens with one attached hydrogen (secondary N) is 1. The van der Waals surface area contributed by atoms with Crippen LogP contribution in [0, 0.1) is 0 Å². The smallest absolute Gasteiger partial charge is 0.271 e. The molecule has 0 saturated heterocycles. The third-order valence-corrected chi connectivity index (χ3v) is 2.89. The first-order valence-electron chi connectivity index (χ1n) is 6.51. The topological polar surface area (TPSA) is 50.7 Å². The molecule has 0 bridgehead atoms. The van der Waals surface area contributed by atoms with Crippen LogP contribution in [0.2, 0.25) is 5.02 Å². The Morgan fingerprint density at radius 2 is 2.05 bits per heavy atom. The van der Waals surface area contributed by atoms with Crippen molar-refractivity contribution < 1.29 is 9.53 Å². The van der Waals surface area contributed by atoms with Crippen molar-refractivity contribution in [1.29, 1.82) is 0 Å². The van der Waals surface area contributed by atoms with E-state index in [4.69, 9.17) is 16.3 Å². The molecule has 4 nitrogen and oxygen atoms in total. The molecule has 0 aliphatic heterocycles. The predicted molar refractivity (Wildman–Crippen MR) is 84.1 cm³/mol. The molecule has 21 heavy (non-hydrogen) atoms. The average Bonchev–Trinajstić information content (AvgIpc) is 2.49. The standard InChI is InChI=1S/C16H15ClN2O2/c1-2-21-15-8-6-12(7-9-15)11-18-19-16(20)13-4-3-5-14(17)10-13/h3-11H,2H2,1H3,(H,19,20)/b18-11+. The van der Waals surface area contributed by atoms with Gasteiger partial charge in [-0.15, -0.1) is 0 Å². The molecule has 2 aromatic carbocycles. The first-order chi connectivity index (χ1) is 10.2. The molecule has 0 heterocycles. The summed E-state index contributed by atoms with van der Waals surface area (Å²) in [5.74, 6) is 0.497. The summed E-state index contributed by atoms with van der Waals surface area (Å²) < 4.78 is 5.35. The van der Waals surface area contributed by atoms with Gasteiger partial charge in [0.15, 0.2) is 0 Å². The van der Waals surface area contributed by atoms with Crippen LogP contribution >= 0.6 is 11.6 Å². The van der Waals surface area contributed by atoms with Gasteiger partial charge in [0.1, 0.15) is 5.75 Å². The summed E-state index contributed by atoms with van der Waals surface area (Å²) in [6, 6.07) is 14.1. The van der Waals surface area contributed by atoms with Crippen LogP contribution in [0.1, 0.15) is 22.8 Å². The zero-order valence-electron chi connectivity index (χ0n) is 11.5. The number of hydrazone groups is 1. The number of carbonyl (C=O) groups is 1. The fourth-order valence-electron chi connectivity index (χ4n) is 1.68. The molecule has 0 unspecified atom stereocenters. The molecule has 2 aromatic rings. The van der Waals surface area contributed by atoms with E-state index < -0.39 is 0 Å². The Morgan fingerprint density at radius 3 is 2.71 bits per heavy atom. The lowest BCUT2D eigenvalue weighted by Crippen LogP contribution is -2.17. The van der Waals surface area contributed by atoms with Gasteiger partial charge in [0.25, 0.3) is 5.91 Å². The third kappa shape index (κ3) is 4.61. The second-order valence-electron chi connectivity index (χ2n) is 4.21. The number of halogens is 1. The average molecular weight is 303 g/mol. The molecule has 1 N–H and O–H groups in total. The Bertz CT molecular complexity index is 639. The molecule has 0 aliphatic carbocycles. The van der Waals surface area contributed by atoms with Crippen LogP contribution in [0.3, 0.4) is 0 Å². The van der Waals surface area contributed by atoms with E-state index in [1.807, 2.05) is 31.2 Å². The zero-order chi connectivity index (χ0) is 15.1. The van der Waals surface area contributed by atoms with E-state index in [2.05, 4.69) is 10.5 Å². The lowest BCUT2D eigenvalue weighted by Gasteiger charge is -2.02. The molecule has 5 heteroatoms. The molecule has 108 valence electrons. The Balaban J connectivity index is 1.94. The van der Waals surface area contributed by atoms with E-state index in [0.717, 1.165) is 11.3 Å². The first-order valence-corrected chi connectivity index (χ1v) is 6.88. The van der Waals surface area contributed by atoms with Gasteiger partial charge < -0.3 is 4.74 Å². The highest BCUT2D eigenvalue weighted by Crippen LogP contribution is 2.11. The minimum atomic E-state index is -0.306. The summed E-state index contributed by atoms with van der Waals surface area (Å²) >= 11 is 5.83. The molecule has 0 fully saturated rings. The Labute approximate surface area is 128 Å². The molecule has 1 amide bonds. The maximum Gasteiger partial charge on any atom is 0.271 e. The van der Waals surface area contributed by atoms with E-state index >= 15 is 0 Å². The molecule has 0 saturated carbocycles. The maximum atomic E-state index is 11.8. The Hall–Kier alpha value is -2.33. The second-order valence-corrected chi connectivity index (χ2v) is 4.65. The molecular weight excluding hydrogens is 288 g/mol. The van der Waals surface area contributed by atoms with Crippen LogP contribution < -0.4 is 10.2 Å². The number of hydrogen-bond donors (Lipinski definition) is 1. The van der Waals surface area contributed by atoms with E-state index in [1.165, 1.54) is 0 Å². The van der Waals surface area contributed by atoms with E-state index in [9.17, 15) is 4.79 Å². The summed E-state index contributed by atoms with van der Waals surface area (Å²) in [7, 11) is 0. The van der Waals surface area contributed by atoms with E-state index in [0.29, 0.717) is 17.2 Å². The number of amides is 1. The summed E-state index contributed by atoms with van der Waals surface area (Å²) in [4.78, 5) is 11.8. The van der Waals surface area contributed by atoms with Crippen molar-refractivity contribution in [3.05, 3.63) is 64.7 Å². The summed E-state index contributed by atoms with van der Waals surface area (Å²) in [5.41, 5.74) is 3.78. The Morgan fingerprint density at radius 1 is 1.29 bits per heavy atom. The summed E-state index contributed by atoms with van der Waals surface area (Å²) in [5, 5.41) is 4.43. The quantitative estimate of drug-likeness (QED) is 0.679.